The molecule has 1 saturated heterocycles. The highest BCUT2D eigenvalue weighted by molar-refractivity contribution is 5.98. The number of aromatic nitrogens is 9. The molecular weight excluding hydrogens is 859 g/mol. The quantitative estimate of drug-likeness (QED) is 0.167. The summed E-state index contributed by atoms with van der Waals surface area (Å²) in [6.07, 6.45) is 12.5. The van der Waals surface area contributed by atoms with Gasteiger partial charge in [0.2, 0.25) is 0 Å². The fourth-order valence-corrected chi connectivity index (χ4v) is 9.41. The van der Waals surface area contributed by atoms with Crippen LogP contribution in [0.5, 0.6) is 0 Å². The largest absolute Gasteiger partial charge is 0.438 e. The Morgan fingerprint density at radius 1 is 0.940 bits per heavy atom. The maximum absolute atomic E-state index is 15.8. The Kier molecular flexibility index (Phi) is 11.2. The molecular formula is C50H54F2N10O5. The predicted molar refractivity (Wildman–Crippen MR) is 248 cm³/mol. The molecule has 0 radical (unpaired) electrons. The first-order valence-electron chi connectivity index (χ1n) is 23.0. The summed E-state index contributed by atoms with van der Waals surface area (Å²) >= 11 is 0. The monoisotopic (exact) mass is 912 g/mol. The van der Waals surface area contributed by atoms with Crippen molar-refractivity contribution >= 4 is 27.7 Å². The van der Waals surface area contributed by atoms with E-state index in [1.54, 1.807) is 65.6 Å². The lowest BCUT2D eigenvalue weighted by molar-refractivity contribution is -0.0592. The molecule has 3 fully saturated rings. The molecule has 1 amide bonds. The van der Waals surface area contributed by atoms with Gasteiger partial charge in [-0.1, -0.05) is 37.4 Å². The number of imidazole rings is 1. The van der Waals surface area contributed by atoms with Gasteiger partial charge >= 0.3 is 11.4 Å². The van der Waals surface area contributed by atoms with Gasteiger partial charge in [0, 0.05) is 61.4 Å². The van der Waals surface area contributed by atoms with E-state index in [2.05, 4.69) is 57.7 Å². The number of aromatic amines is 2. The Bertz CT molecular complexity index is 3280. The smallest absolute Gasteiger partial charge is 0.376 e. The van der Waals surface area contributed by atoms with Gasteiger partial charge in [0.25, 0.3) is 5.91 Å². The standard InChI is InChI=1S/C41H40F2N8O3.C6H8N2O2.C3H6/c1-23-16-28(17-24(2)36(23)42)51-38(50-14-13-49(40(50)53)35-9-8-34-29(37(35)43)21-44-47(34)5)30-22-48(12-10-32(30)46-51)39(52)33-19-27-18-25(6-7-31(27)45-33)26-11-15-54-41(3,4)20-26;1-3-2-4(3)5-7-6(9)10-8-5;1-2-3-1/h6-9,13-14,16-19,21,26,45H,10-12,15,20,22H2,1-5H3;3-4H,2H2,1H3,(H,7,8,9);1-3H2. The molecule has 7 heterocycles. The Labute approximate surface area is 384 Å². The summed E-state index contributed by atoms with van der Waals surface area (Å²) in [4.78, 5) is 46.5. The highest BCUT2D eigenvalue weighted by Crippen LogP contribution is 2.45. The Morgan fingerprint density at radius 3 is 2.37 bits per heavy atom. The van der Waals surface area contributed by atoms with Crippen molar-refractivity contribution in [3.8, 4) is 17.2 Å². The Hall–Kier alpha value is -6.88. The molecule has 2 aliphatic heterocycles. The topological polar surface area (TPSA) is 167 Å². The molecule has 15 nitrogen and oxygen atoms in total. The van der Waals surface area contributed by atoms with E-state index in [0.717, 1.165) is 42.5 Å². The van der Waals surface area contributed by atoms with E-state index in [9.17, 15) is 18.8 Å². The number of nitrogens with zero attached hydrogens (tertiary/aromatic N) is 8. The maximum Gasteiger partial charge on any atom is 0.438 e. The fraction of sp³-hybridized carbons (Fsp3) is 0.400. The molecule has 4 aliphatic rings. The molecule has 5 aromatic heterocycles. The zero-order valence-electron chi connectivity index (χ0n) is 38.5. The van der Waals surface area contributed by atoms with E-state index >= 15 is 4.39 Å². The molecule has 8 aromatic rings. The van der Waals surface area contributed by atoms with Crippen LogP contribution in [0.2, 0.25) is 0 Å². The van der Waals surface area contributed by atoms with Crippen molar-refractivity contribution in [3.63, 3.8) is 0 Å². The first-order valence-corrected chi connectivity index (χ1v) is 23.0. The number of halogens is 2. The molecule has 2 saturated carbocycles. The number of H-pyrrole nitrogens is 2. The van der Waals surface area contributed by atoms with Crippen LogP contribution >= 0.6 is 0 Å². The second kappa shape index (κ2) is 17.1. The van der Waals surface area contributed by atoms with Crippen molar-refractivity contribution in [2.75, 3.05) is 13.2 Å². The summed E-state index contributed by atoms with van der Waals surface area (Å²) in [5.74, 6) is 1.07. The summed E-state index contributed by atoms with van der Waals surface area (Å²) in [6, 6.07) is 14.9. The van der Waals surface area contributed by atoms with Gasteiger partial charge in [-0.05, 0) is 118 Å². The minimum Gasteiger partial charge on any atom is -0.376 e. The minimum absolute atomic E-state index is 0.0759. The normalized spacial score (nSPS) is 19.4. The zero-order chi connectivity index (χ0) is 46.9. The van der Waals surface area contributed by atoms with Gasteiger partial charge in [-0.2, -0.15) is 10.2 Å². The van der Waals surface area contributed by atoms with Crippen LogP contribution in [0.15, 0.2) is 81.2 Å². The number of fused-ring (bicyclic) bond motifs is 3. The van der Waals surface area contributed by atoms with Crippen LogP contribution in [-0.2, 0) is 24.8 Å². The van der Waals surface area contributed by atoms with Gasteiger partial charge in [-0.25, -0.2) is 23.1 Å². The van der Waals surface area contributed by atoms with E-state index in [1.807, 2.05) is 12.1 Å². The second-order valence-corrected chi connectivity index (χ2v) is 19.1. The first kappa shape index (κ1) is 44.0. The number of nitrogens with one attached hydrogen (secondary N) is 2. The van der Waals surface area contributed by atoms with Crippen LogP contribution in [-0.4, -0.2) is 73.4 Å². The van der Waals surface area contributed by atoms with Crippen LogP contribution in [0.4, 0.5) is 8.78 Å². The van der Waals surface area contributed by atoms with Crippen LogP contribution < -0.4 is 11.4 Å². The molecule has 67 heavy (non-hydrogen) atoms. The number of carbonyl (C=O) groups excluding carboxylic acids is 1. The zero-order valence-corrected chi connectivity index (χ0v) is 38.5. The number of hydrogen-bond donors (Lipinski definition) is 2. The average Bonchev–Trinajstić information content (AvgIpc) is 4.05. The van der Waals surface area contributed by atoms with Crippen molar-refractivity contribution in [2.24, 2.45) is 13.0 Å². The molecule has 12 rings (SSSR count). The summed E-state index contributed by atoms with van der Waals surface area (Å²) in [5.41, 5.74) is 5.38. The van der Waals surface area contributed by atoms with E-state index in [0.29, 0.717) is 81.3 Å². The number of rotatable bonds is 6. The van der Waals surface area contributed by atoms with Gasteiger partial charge in [0.05, 0.1) is 46.3 Å². The summed E-state index contributed by atoms with van der Waals surface area (Å²) < 4.78 is 46.8. The highest BCUT2D eigenvalue weighted by Gasteiger charge is 2.37. The van der Waals surface area contributed by atoms with Crippen molar-refractivity contribution in [1.29, 1.82) is 0 Å². The number of benzene rings is 3. The van der Waals surface area contributed by atoms with Gasteiger partial charge < -0.3 is 14.6 Å². The second-order valence-electron chi connectivity index (χ2n) is 19.1. The van der Waals surface area contributed by atoms with Crippen LogP contribution in [0, 0.1) is 31.4 Å². The lowest BCUT2D eigenvalue weighted by atomic mass is 9.83. The Morgan fingerprint density at radius 2 is 1.69 bits per heavy atom. The first-order chi connectivity index (χ1) is 32.1. The highest BCUT2D eigenvalue weighted by atomic mass is 19.1. The third kappa shape index (κ3) is 8.56. The number of aryl methyl sites for hydroxylation is 3. The SMILES string of the molecule is C1CC1.CC1CC1c1noc(=O)[nH]1.Cc1cc(-n2nc3c(c2-n2ccn(-c4ccc5c(cnn5C)c4F)c2=O)CN(C(=O)c2cc4cc(C5CCOC(C)(C)C5)ccc4[nH]2)CC3)cc(C)c1F. The number of carbonyl (C=O) groups is 1. The van der Waals surface area contributed by atoms with Crippen LogP contribution in [0.3, 0.4) is 0 Å². The molecule has 3 aromatic carbocycles. The minimum atomic E-state index is -0.570. The molecule has 17 heteroatoms. The number of hydrogen-bond acceptors (Lipinski definition) is 8. The molecule has 348 valence electrons. The lowest BCUT2D eigenvalue weighted by Crippen LogP contribution is -2.36. The predicted octanol–water partition coefficient (Wildman–Crippen LogP) is 8.60. The van der Waals surface area contributed by atoms with Crippen molar-refractivity contribution < 1.29 is 22.8 Å². The molecule has 2 aliphatic carbocycles. The molecule has 2 N–H and O–H groups in total. The molecule has 0 spiro atoms. The van der Waals surface area contributed by atoms with Crippen molar-refractivity contribution in [2.45, 2.75) is 104 Å². The van der Waals surface area contributed by atoms with Crippen LogP contribution in [0.25, 0.3) is 39.0 Å². The van der Waals surface area contributed by atoms with Gasteiger partial charge in [-0.3, -0.25) is 28.1 Å². The van der Waals surface area contributed by atoms with E-state index in [4.69, 9.17) is 9.84 Å². The maximum atomic E-state index is 15.8. The average molecular weight is 913 g/mol. The van der Waals surface area contributed by atoms with E-state index in [1.165, 1.54) is 46.4 Å². The van der Waals surface area contributed by atoms with E-state index in [-0.39, 0.29) is 29.6 Å². The fourth-order valence-electron chi connectivity index (χ4n) is 9.41. The van der Waals surface area contributed by atoms with Crippen molar-refractivity contribution in [3.05, 3.63) is 139 Å². The third-order valence-electron chi connectivity index (χ3n) is 13.4. The third-order valence-corrected chi connectivity index (χ3v) is 13.4. The molecule has 0 bridgehead atoms. The Balaban J connectivity index is 0.000000346. The number of ether oxygens (including phenoxy) is 1. The van der Waals surface area contributed by atoms with Crippen LogP contribution in [0.1, 0.15) is 115 Å². The summed E-state index contributed by atoms with van der Waals surface area (Å²) in [6.45, 7) is 11.0. The molecule has 3 unspecified atom stereocenters. The summed E-state index contributed by atoms with van der Waals surface area (Å²) in [7, 11) is 1.73. The number of amides is 1. The van der Waals surface area contributed by atoms with Gasteiger partial charge in [0.1, 0.15) is 17.3 Å². The van der Waals surface area contributed by atoms with Gasteiger partial charge in [-0.15, -0.1) is 0 Å². The van der Waals surface area contributed by atoms with Crippen molar-refractivity contribution in [1.82, 2.24) is 48.7 Å². The van der Waals surface area contributed by atoms with E-state index < -0.39 is 17.3 Å². The van der Waals surface area contributed by atoms with Gasteiger partial charge in [0.15, 0.2) is 11.6 Å². The lowest BCUT2D eigenvalue weighted by Gasteiger charge is -2.35. The molecule has 3 atom stereocenters. The summed E-state index contributed by atoms with van der Waals surface area (Å²) in [5, 5.41) is 14.0.